The van der Waals surface area contributed by atoms with Crippen LogP contribution in [-0.4, -0.2) is 10.2 Å². The Labute approximate surface area is 96.4 Å². The lowest BCUT2D eigenvalue weighted by Gasteiger charge is -2.02. The molecule has 1 heterocycles. The van der Waals surface area contributed by atoms with Gasteiger partial charge in [-0.05, 0) is 24.2 Å². The minimum atomic E-state index is 0.187. The molecule has 6 heteroatoms. The van der Waals surface area contributed by atoms with Gasteiger partial charge in [0.15, 0.2) is 0 Å². The van der Waals surface area contributed by atoms with Crippen molar-refractivity contribution in [3.8, 4) is 11.6 Å². The number of nitrogens with zero attached hydrogens (tertiary/aromatic N) is 2. The highest BCUT2D eigenvalue weighted by Gasteiger charge is 2.05. The largest absolute Gasteiger partial charge is 0.437 e. The summed E-state index contributed by atoms with van der Waals surface area (Å²) in [4.78, 5) is 10.3. The normalized spacial score (nSPS) is 10.1. The molecule has 82 valence electrons. The van der Waals surface area contributed by atoms with Crippen molar-refractivity contribution in [2.75, 3.05) is 0 Å². The van der Waals surface area contributed by atoms with Crippen molar-refractivity contribution in [2.45, 2.75) is 6.92 Å². The highest BCUT2D eigenvalue weighted by Crippen LogP contribution is 2.30. The van der Waals surface area contributed by atoms with Gasteiger partial charge in [-0.25, -0.2) is 0 Å². The predicted molar refractivity (Wildman–Crippen MR) is 60.3 cm³/mol. The molecule has 1 N–H and O–H groups in total. The van der Waals surface area contributed by atoms with Gasteiger partial charge < -0.3 is 4.74 Å². The standard InChI is InChI=1S/C10H8ClN3O2/c1-6-4-10(13-12-6)16-7-2-3-9(14-15)8(11)5-7/h2-5H,1H3,(H,12,13). The zero-order valence-corrected chi connectivity index (χ0v) is 9.15. The third-order valence-electron chi connectivity index (χ3n) is 1.92. The highest BCUT2D eigenvalue weighted by atomic mass is 35.5. The predicted octanol–water partition coefficient (Wildman–Crippen LogP) is 3.56. The number of aromatic nitrogens is 2. The zero-order chi connectivity index (χ0) is 11.5. The number of halogens is 1. The van der Waals surface area contributed by atoms with Crippen LogP contribution in [-0.2, 0) is 0 Å². The van der Waals surface area contributed by atoms with E-state index in [0.717, 1.165) is 5.69 Å². The molecular formula is C10H8ClN3O2. The summed E-state index contributed by atoms with van der Waals surface area (Å²) in [6, 6.07) is 6.36. The van der Waals surface area contributed by atoms with Gasteiger partial charge in [-0.2, -0.15) is 0 Å². The first kappa shape index (κ1) is 10.6. The molecule has 5 nitrogen and oxygen atoms in total. The topological polar surface area (TPSA) is 67.3 Å². The lowest BCUT2D eigenvalue weighted by atomic mass is 10.3. The number of nitrogens with one attached hydrogen (secondary N) is 1. The fourth-order valence-corrected chi connectivity index (χ4v) is 1.40. The molecule has 2 rings (SSSR count). The van der Waals surface area contributed by atoms with Crippen molar-refractivity contribution in [3.63, 3.8) is 0 Å². The molecule has 0 aliphatic rings. The Bertz CT molecular complexity index is 525. The van der Waals surface area contributed by atoms with E-state index in [1.807, 2.05) is 6.92 Å². The summed E-state index contributed by atoms with van der Waals surface area (Å²) in [5, 5.41) is 9.67. The number of hydrogen-bond acceptors (Lipinski definition) is 4. The van der Waals surface area contributed by atoms with Crippen LogP contribution >= 0.6 is 11.6 Å². The van der Waals surface area contributed by atoms with Crippen LogP contribution in [0, 0.1) is 11.8 Å². The molecule has 0 spiro atoms. The van der Waals surface area contributed by atoms with Gasteiger partial charge in [-0.3, -0.25) is 5.10 Å². The second kappa shape index (κ2) is 4.32. The summed E-state index contributed by atoms with van der Waals surface area (Å²) in [6.07, 6.45) is 0. The third-order valence-corrected chi connectivity index (χ3v) is 2.23. The van der Waals surface area contributed by atoms with E-state index in [0.29, 0.717) is 11.6 Å². The zero-order valence-electron chi connectivity index (χ0n) is 8.40. The Morgan fingerprint density at radius 3 is 2.81 bits per heavy atom. The maximum Gasteiger partial charge on any atom is 0.238 e. The van der Waals surface area contributed by atoms with Gasteiger partial charge in [0.05, 0.1) is 5.02 Å². The average Bonchev–Trinajstić information content (AvgIpc) is 2.64. The molecule has 0 radical (unpaired) electrons. The van der Waals surface area contributed by atoms with Gasteiger partial charge in [-0.15, -0.1) is 10.0 Å². The molecule has 0 unspecified atom stereocenters. The van der Waals surface area contributed by atoms with E-state index in [1.165, 1.54) is 12.1 Å². The number of aromatic amines is 1. The summed E-state index contributed by atoms with van der Waals surface area (Å²) in [5.41, 5.74) is 1.08. The summed E-state index contributed by atoms with van der Waals surface area (Å²) in [6.45, 7) is 1.87. The average molecular weight is 238 g/mol. The smallest absolute Gasteiger partial charge is 0.238 e. The summed E-state index contributed by atoms with van der Waals surface area (Å²) in [7, 11) is 0. The van der Waals surface area contributed by atoms with E-state index in [-0.39, 0.29) is 10.7 Å². The van der Waals surface area contributed by atoms with Crippen molar-refractivity contribution < 1.29 is 4.74 Å². The number of hydrogen-bond donors (Lipinski definition) is 1. The van der Waals surface area contributed by atoms with Crippen molar-refractivity contribution in [2.24, 2.45) is 5.18 Å². The molecule has 2 aromatic rings. The van der Waals surface area contributed by atoms with Gasteiger partial charge in [0.1, 0.15) is 11.4 Å². The quantitative estimate of drug-likeness (QED) is 0.830. The lowest BCUT2D eigenvalue weighted by molar-refractivity contribution is 0.461. The van der Waals surface area contributed by atoms with Crippen molar-refractivity contribution >= 4 is 17.3 Å². The van der Waals surface area contributed by atoms with Crippen LogP contribution < -0.4 is 4.74 Å². The first-order valence-electron chi connectivity index (χ1n) is 4.52. The van der Waals surface area contributed by atoms with Gasteiger partial charge in [0, 0.05) is 17.8 Å². The second-order valence-electron chi connectivity index (χ2n) is 3.20. The Morgan fingerprint density at radius 1 is 1.44 bits per heavy atom. The molecule has 1 aromatic heterocycles. The van der Waals surface area contributed by atoms with Crippen molar-refractivity contribution in [3.05, 3.63) is 39.9 Å². The van der Waals surface area contributed by atoms with Gasteiger partial charge in [0.25, 0.3) is 0 Å². The number of ether oxygens (including phenoxy) is 1. The van der Waals surface area contributed by atoms with E-state index in [9.17, 15) is 4.91 Å². The fourth-order valence-electron chi connectivity index (χ4n) is 1.19. The maximum absolute atomic E-state index is 10.3. The number of aryl methyl sites for hydroxylation is 1. The fraction of sp³-hybridized carbons (Fsp3) is 0.100. The Morgan fingerprint density at radius 2 is 2.25 bits per heavy atom. The Balaban J connectivity index is 2.22. The summed E-state index contributed by atoms with van der Waals surface area (Å²) >= 11 is 5.80. The molecule has 0 aliphatic heterocycles. The third kappa shape index (κ3) is 2.20. The van der Waals surface area contributed by atoms with Crippen LogP contribution in [0.4, 0.5) is 5.69 Å². The van der Waals surface area contributed by atoms with Gasteiger partial charge in [-0.1, -0.05) is 11.6 Å². The van der Waals surface area contributed by atoms with E-state index < -0.39 is 0 Å². The molecular weight excluding hydrogens is 230 g/mol. The summed E-state index contributed by atoms with van der Waals surface area (Å²) < 4.78 is 5.41. The summed E-state index contributed by atoms with van der Waals surface area (Å²) in [5.74, 6) is 0.948. The van der Waals surface area contributed by atoms with Crippen LogP contribution in [0.15, 0.2) is 29.4 Å². The number of rotatable bonds is 3. The lowest BCUT2D eigenvalue weighted by Crippen LogP contribution is -1.84. The van der Waals surface area contributed by atoms with Gasteiger partial charge >= 0.3 is 0 Å². The molecule has 0 atom stereocenters. The van der Waals surface area contributed by atoms with Crippen LogP contribution in [0.5, 0.6) is 11.6 Å². The second-order valence-corrected chi connectivity index (χ2v) is 3.60. The number of benzene rings is 1. The van der Waals surface area contributed by atoms with Crippen molar-refractivity contribution in [1.82, 2.24) is 10.2 Å². The molecule has 16 heavy (non-hydrogen) atoms. The maximum atomic E-state index is 10.3. The van der Waals surface area contributed by atoms with Crippen LogP contribution in [0.1, 0.15) is 5.69 Å². The monoisotopic (exact) mass is 237 g/mol. The molecule has 0 fully saturated rings. The number of nitroso groups, excluding NO2 is 1. The van der Waals surface area contributed by atoms with E-state index in [2.05, 4.69) is 15.4 Å². The molecule has 1 aromatic carbocycles. The Kier molecular flexibility index (Phi) is 2.87. The van der Waals surface area contributed by atoms with Crippen LogP contribution in [0.25, 0.3) is 0 Å². The SMILES string of the molecule is Cc1cc(Oc2ccc(N=O)c(Cl)c2)n[nH]1. The van der Waals surface area contributed by atoms with Crippen molar-refractivity contribution in [1.29, 1.82) is 0 Å². The van der Waals surface area contributed by atoms with E-state index in [4.69, 9.17) is 16.3 Å². The molecule has 0 saturated heterocycles. The van der Waals surface area contributed by atoms with Crippen LogP contribution in [0.3, 0.4) is 0 Å². The Hall–Kier alpha value is -1.88. The number of H-pyrrole nitrogens is 1. The molecule has 0 amide bonds. The molecule has 0 saturated carbocycles. The first-order valence-corrected chi connectivity index (χ1v) is 4.89. The highest BCUT2D eigenvalue weighted by molar-refractivity contribution is 6.33. The van der Waals surface area contributed by atoms with E-state index in [1.54, 1.807) is 12.1 Å². The first-order chi connectivity index (χ1) is 7.69. The minimum absolute atomic E-state index is 0.187. The van der Waals surface area contributed by atoms with E-state index >= 15 is 0 Å². The molecule has 0 aliphatic carbocycles. The molecule has 0 bridgehead atoms. The van der Waals surface area contributed by atoms with Crippen LogP contribution in [0.2, 0.25) is 5.02 Å². The minimum Gasteiger partial charge on any atom is -0.437 e. The van der Waals surface area contributed by atoms with Gasteiger partial charge in [0.2, 0.25) is 5.88 Å².